The lowest BCUT2D eigenvalue weighted by atomic mass is 10.1. The summed E-state index contributed by atoms with van der Waals surface area (Å²) < 4.78 is 5.29. The molecular formula is C14H15N3OS. The molecule has 3 rings (SSSR count). The van der Waals surface area contributed by atoms with E-state index in [0.29, 0.717) is 11.5 Å². The Bertz CT molecular complexity index is 607. The molecule has 19 heavy (non-hydrogen) atoms. The molecule has 2 aromatic rings. The van der Waals surface area contributed by atoms with Gasteiger partial charge in [0.1, 0.15) is 16.6 Å². The van der Waals surface area contributed by atoms with Crippen LogP contribution in [0.4, 0.5) is 5.82 Å². The van der Waals surface area contributed by atoms with Crippen LogP contribution in [-0.4, -0.2) is 9.97 Å². The molecule has 98 valence electrons. The van der Waals surface area contributed by atoms with Crippen molar-refractivity contribution in [3.05, 3.63) is 47.0 Å². The lowest BCUT2D eigenvalue weighted by Gasteiger charge is -2.11. The third kappa shape index (κ3) is 2.46. The Morgan fingerprint density at radius 1 is 1.47 bits per heavy atom. The van der Waals surface area contributed by atoms with Crippen molar-refractivity contribution < 1.29 is 4.42 Å². The second-order valence-electron chi connectivity index (χ2n) is 4.64. The molecule has 1 aliphatic rings. The zero-order valence-corrected chi connectivity index (χ0v) is 11.3. The number of nitrogens with one attached hydrogen (secondary N) is 1. The lowest BCUT2D eigenvalue weighted by Crippen LogP contribution is -2.15. The maximum absolute atomic E-state index is 5.79. The van der Waals surface area contributed by atoms with E-state index in [1.165, 1.54) is 5.56 Å². The van der Waals surface area contributed by atoms with Gasteiger partial charge >= 0.3 is 0 Å². The largest absolute Gasteiger partial charge is 0.467 e. The highest BCUT2D eigenvalue weighted by Gasteiger charge is 2.17. The van der Waals surface area contributed by atoms with Gasteiger partial charge < -0.3 is 15.5 Å². The molecule has 0 atom stereocenters. The first-order chi connectivity index (χ1) is 9.24. The van der Waals surface area contributed by atoms with E-state index in [0.717, 1.165) is 42.1 Å². The molecule has 0 bridgehead atoms. The summed E-state index contributed by atoms with van der Waals surface area (Å²) in [6.07, 6.45) is 4.90. The SMILES string of the molecule is NC(=S)c1cc2c(nc1NCc1ccco1)CCC2. The average molecular weight is 273 g/mol. The lowest BCUT2D eigenvalue weighted by molar-refractivity contribution is 0.518. The van der Waals surface area contributed by atoms with Crippen LogP contribution in [-0.2, 0) is 19.4 Å². The van der Waals surface area contributed by atoms with E-state index in [4.69, 9.17) is 22.4 Å². The van der Waals surface area contributed by atoms with Crippen molar-refractivity contribution in [3.63, 3.8) is 0 Å². The first-order valence-corrected chi connectivity index (χ1v) is 6.73. The first kappa shape index (κ1) is 12.2. The minimum Gasteiger partial charge on any atom is -0.467 e. The Labute approximate surface area is 117 Å². The van der Waals surface area contributed by atoms with Gasteiger partial charge in [0, 0.05) is 5.69 Å². The van der Waals surface area contributed by atoms with Crippen molar-refractivity contribution >= 4 is 23.0 Å². The average Bonchev–Trinajstić information content (AvgIpc) is 3.05. The van der Waals surface area contributed by atoms with Crippen molar-refractivity contribution in [2.45, 2.75) is 25.8 Å². The fraction of sp³-hybridized carbons (Fsp3) is 0.286. The predicted molar refractivity (Wildman–Crippen MR) is 78.2 cm³/mol. The van der Waals surface area contributed by atoms with Crippen LogP contribution in [0.1, 0.15) is 29.0 Å². The summed E-state index contributed by atoms with van der Waals surface area (Å²) in [5, 5.41) is 3.25. The monoisotopic (exact) mass is 273 g/mol. The second kappa shape index (κ2) is 5.01. The summed E-state index contributed by atoms with van der Waals surface area (Å²) in [5.41, 5.74) is 9.03. The number of nitrogens with zero attached hydrogens (tertiary/aromatic N) is 1. The summed E-state index contributed by atoms with van der Waals surface area (Å²) in [4.78, 5) is 5.03. The molecule has 0 radical (unpaired) electrons. The number of anilines is 1. The molecule has 5 heteroatoms. The van der Waals surface area contributed by atoms with Gasteiger partial charge in [-0.25, -0.2) is 4.98 Å². The predicted octanol–water partition coefficient (Wildman–Crippen LogP) is 2.41. The third-order valence-corrected chi connectivity index (χ3v) is 3.55. The maximum atomic E-state index is 5.79. The Kier molecular flexibility index (Phi) is 3.21. The van der Waals surface area contributed by atoms with Crippen molar-refractivity contribution in [1.29, 1.82) is 0 Å². The first-order valence-electron chi connectivity index (χ1n) is 6.33. The summed E-state index contributed by atoms with van der Waals surface area (Å²) in [7, 11) is 0. The van der Waals surface area contributed by atoms with Crippen LogP contribution in [0.2, 0.25) is 0 Å². The Balaban J connectivity index is 1.88. The van der Waals surface area contributed by atoms with Crippen LogP contribution in [0.25, 0.3) is 0 Å². The minimum atomic E-state index is 0.379. The van der Waals surface area contributed by atoms with E-state index in [9.17, 15) is 0 Å². The number of furan rings is 1. The maximum Gasteiger partial charge on any atom is 0.136 e. The number of aryl methyl sites for hydroxylation is 2. The molecule has 2 heterocycles. The number of nitrogens with two attached hydrogens (primary N) is 1. The van der Waals surface area contributed by atoms with Crippen molar-refractivity contribution in [3.8, 4) is 0 Å². The fourth-order valence-corrected chi connectivity index (χ4v) is 2.53. The highest BCUT2D eigenvalue weighted by atomic mass is 32.1. The number of hydrogen-bond donors (Lipinski definition) is 2. The quantitative estimate of drug-likeness (QED) is 0.838. The Hall–Kier alpha value is -1.88. The molecule has 1 aliphatic carbocycles. The molecular weight excluding hydrogens is 258 g/mol. The van der Waals surface area contributed by atoms with Crippen LogP contribution in [0, 0.1) is 0 Å². The van der Waals surface area contributed by atoms with Gasteiger partial charge in [-0.3, -0.25) is 0 Å². The third-order valence-electron chi connectivity index (χ3n) is 3.33. The van der Waals surface area contributed by atoms with E-state index >= 15 is 0 Å². The van der Waals surface area contributed by atoms with Crippen LogP contribution in [0.5, 0.6) is 0 Å². The van der Waals surface area contributed by atoms with Crippen LogP contribution in [0.3, 0.4) is 0 Å². The highest BCUT2D eigenvalue weighted by molar-refractivity contribution is 7.80. The molecule has 0 unspecified atom stereocenters. The number of rotatable bonds is 4. The second-order valence-corrected chi connectivity index (χ2v) is 5.08. The Morgan fingerprint density at radius 3 is 3.11 bits per heavy atom. The van der Waals surface area contributed by atoms with E-state index in [1.54, 1.807) is 6.26 Å². The van der Waals surface area contributed by atoms with Crippen LogP contribution >= 0.6 is 12.2 Å². The number of thiocarbonyl (C=S) groups is 1. The van der Waals surface area contributed by atoms with Crippen LogP contribution < -0.4 is 11.1 Å². The van der Waals surface area contributed by atoms with Gasteiger partial charge in [-0.1, -0.05) is 12.2 Å². The van der Waals surface area contributed by atoms with Crippen molar-refractivity contribution in [2.75, 3.05) is 5.32 Å². The molecule has 0 amide bonds. The topological polar surface area (TPSA) is 64.1 Å². The molecule has 0 saturated heterocycles. The van der Waals surface area contributed by atoms with E-state index in [1.807, 2.05) is 12.1 Å². The van der Waals surface area contributed by atoms with Gasteiger partial charge in [-0.05, 0) is 43.0 Å². The van der Waals surface area contributed by atoms with Gasteiger partial charge in [-0.15, -0.1) is 0 Å². The zero-order valence-electron chi connectivity index (χ0n) is 10.5. The van der Waals surface area contributed by atoms with Gasteiger partial charge in [0.25, 0.3) is 0 Å². The minimum absolute atomic E-state index is 0.379. The number of pyridine rings is 1. The van der Waals surface area contributed by atoms with E-state index < -0.39 is 0 Å². The Morgan fingerprint density at radius 2 is 2.37 bits per heavy atom. The number of fused-ring (bicyclic) bond motifs is 1. The molecule has 0 aromatic carbocycles. The molecule has 0 aliphatic heterocycles. The molecule has 0 spiro atoms. The fourth-order valence-electron chi connectivity index (χ4n) is 2.38. The summed E-state index contributed by atoms with van der Waals surface area (Å²) >= 11 is 5.11. The standard InChI is InChI=1S/C14H15N3OS/c15-13(19)11-7-9-3-1-5-12(9)17-14(11)16-8-10-4-2-6-18-10/h2,4,6-7H,1,3,5,8H2,(H2,15,19)(H,16,17). The number of hydrogen-bond acceptors (Lipinski definition) is 4. The molecule has 4 nitrogen and oxygen atoms in total. The van der Waals surface area contributed by atoms with E-state index in [2.05, 4.69) is 16.4 Å². The van der Waals surface area contributed by atoms with E-state index in [-0.39, 0.29) is 0 Å². The van der Waals surface area contributed by atoms with Gasteiger partial charge in [0.15, 0.2) is 0 Å². The van der Waals surface area contributed by atoms with Gasteiger partial charge in [0.05, 0.1) is 18.4 Å². The van der Waals surface area contributed by atoms with Crippen molar-refractivity contribution in [1.82, 2.24) is 4.98 Å². The molecule has 2 aromatic heterocycles. The molecule has 0 saturated carbocycles. The van der Waals surface area contributed by atoms with Gasteiger partial charge in [0.2, 0.25) is 0 Å². The summed E-state index contributed by atoms with van der Waals surface area (Å²) in [6.45, 7) is 0.578. The zero-order chi connectivity index (χ0) is 13.2. The van der Waals surface area contributed by atoms with Crippen LogP contribution in [0.15, 0.2) is 28.9 Å². The smallest absolute Gasteiger partial charge is 0.136 e. The summed E-state index contributed by atoms with van der Waals surface area (Å²) in [5.74, 6) is 1.61. The number of aromatic nitrogens is 1. The molecule has 3 N–H and O–H groups in total. The summed E-state index contributed by atoms with van der Waals surface area (Å²) in [6, 6.07) is 5.85. The highest BCUT2D eigenvalue weighted by Crippen LogP contribution is 2.25. The van der Waals surface area contributed by atoms with Crippen molar-refractivity contribution in [2.24, 2.45) is 5.73 Å². The molecule has 0 fully saturated rings. The van der Waals surface area contributed by atoms with Gasteiger partial charge in [-0.2, -0.15) is 0 Å². The normalized spacial score (nSPS) is 13.3.